The Labute approximate surface area is 109 Å². The van der Waals surface area contributed by atoms with Crippen LogP contribution in [0.5, 0.6) is 0 Å². The van der Waals surface area contributed by atoms with Crippen molar-refractivity contribution in [2.75, 3.05) is 26.1 Å². The molecular formula is C12H16F2N2O3. The number of halogens is 2. The van der Waals surface area contributed by atoms with Gasteiger partial charge < -0.3 is 20.9 Å². The van der Waals surface area contributed by atoms with Gasteiger partial charge in [0.2, 0.25) is 0 Å². The van der Waals surface area contributed by atoms with Crippen LogP contribution in [0.1, 0.15) is 16.8 Å². The van der Waals surface area contributed by atoms with Gasteiger partial charge in [-0.2, -0.15) is 0 Å². The van der Waals surface area contributed by atoms with E-state index in [2.05, 4.69) is 5.32 Å². The van der Waals surface area contributed by atoms with Crippen molar-refractivity contribution >= 4 is 11.6 Å². The summed E-state index contributed by atoms with van der Waals surface area (Å²) in [5, 5.41) is 11.3. The highest BCUT2D eigenvalue weighted by molar-refractivity contribution is 5.95. The Morgan fingerprint density at radius 2 is 2.16 bits per heavy atom. The monoisotopic (exact) mass is 274 g/mol. The number of amides is 1. The van der Waals surface area contributed by atoms with Gasteiger partial charge in [0.1, 0.15) is 11.6 Å². The lowest BCUT2D eigenvalue weighted by molar-refractivity contribution is 0.0875. The molecule has 1 atom stereocenters. The molecule has 0 saturated heterocycles. The molecule has 0 saturated carbocycles. The lowest BCUT2D eigenvalue weighted by atomic mass is 10.1. The fourth-order valence-corrected chi connectivity index (χ4v) is 1.56. The number of rotatable bonds is 6. The molecule has 1 aromatic rings. The number of ether oxygens (including phenoxy) is 1. The van der Waals surface area contributed by atoms with Crippen molar-refractivity contribution in [3.63, 3.8) is 0 Å². The summed E-state index contributed by atoms with van der Waals surface area (Å²) < 4.78 is 31.3. The maximum Gasteiger partial charge on any atom is 0.254 e. The summed E-state index contributed by atoms with van der Waals surface area (Å²) in [5.41, 5.74) is 4.63. The van der Waals surface area contributed by atoms with Crippen LogP contribution in [0.2, 0.25) is 0 Å². The molecule has 19 heavy (non-hydrogen) atoms. The van der Waals surface area contributed by atoms with Crippen LogP contribution >= 0.6 is 0 Å². The third-order valence-electron chi connectivity index (χ3n) is 2.51. The van der Waals surface area contributed by atoms with Gasteiger partial charge in [0.05, 0.1) is 23.9 Å². The van der Waals surface area contributed by atoms with E-state index in [1.165, 1.54) is 7.11 Å². The third kappa shape index (κ3) is 4.15. The molecule has 0 fully saturated rings. The number of nitrogens with two attached hydrogens (primary N) is 1. The number of nitrogens with one attached hydrogen (secondary N) is 1. The average molecular weight is 274 g/mol. The zero-order valence-corrected chi connectivity index (χ0v) is 10.5. The Hall–Kier alpha value is -1.73. The highest BCUT2D eigenvalue weighted by atomic mass is 19.1. The number of aliphatic hydroxyl groups is 1. The lowest BCUT2D eigenvalue weighted by Crippen LogP contribution is -2.39. The predicted molar refractivity (Wildman–Crippen MR) is 65.6 cm³/mol. The number of aliphatic hydroxyl groups excluding tert-OH is 1. The summed E-state index contributed by atoms with van der Waals surface area (Å²) in [5.74, 6) is -2.65. The first-order chi connectivity index (χ1) is 8.99. The summed E-state index contributed by atoms with van der Waals surface area (Å²) in [7, 11) is 1.44. The number of anilines is 1. The molecule has 0 bridgehead atoms. The highest BCUT2D eigenvalue weighted by Gasteiger charge is 2.18. The Bertz CT molecular complexity index is 449. The van der Waals surface area contributed by atoms with Crippen molar-refractivity contribution in [3.8, 4) is 0 Å². The first-order valence-electron chi connectivity index (χ1n) is 5.64. The van der Waals surface area contributed by atoms with Crippen molar-refractivity contribution < 1.29 is 23.4 Å². The summed E-state index contributed by atoms with van der Waals surface area (Å²) in [6.07, 6.45) is 0.262. The molecule has 5 nitrogen and oxygen atoms in total. The van der Waals surface area contributed by atoms with E-state index in [0.29, 0.717) is 6.07 Å². The molecular weight excluding hydrogens is 258 g/mol. The quantitative estimate of drug-likeness (QED) is 0.666. The fraction of sp³-hybridized carbons (Fsp3) is 0.417. The van der Waals surface area contributed by atoms with E-state index in [-0.39, 0.29) is 30.9 Å². The molecule has 7 heteroatoms. The van der Waals surface area contributed by atoms with E-state index in [9.17, 15) is 13.6 Å². The van der Waals surface area contributed by atoms with E-state index >= 15 is 0 Å². The Balaban J connectivity index is 2.84. The van der Waals surface area contributed by atoms with Crippen LogP contribution in [0, 0.1) is 11.6 Å². The summed E-state index contributed by atoms with van der Waals surface area (Å²) in [4.78, 5) is 11.8. The SMILES string of the molecule is COCC(CCO)NC(=O)c1cc(N)c(F)cc1F. The van der Waals surface area contributed by atoms with Crippen LogP contribution in [0.25, 0.3) is 0 Å². The number of methoxy groups -OCH3 is 1. The van der Waals surface area contributed by atoms with Crippen LogP contribution in [-0.2, 0) is 4.74 Å². The van der Waals surface area contributed by atoms with Crippen molar-refractivity contribution in [2.45, 2.75) is 12.5 Å². The first kappa shape index (κ1) is 15.3. The summed E-state index contributed by atoms with van der Waals surface area (Å²) in [6, 6.07) is 1.03. The zero-order chi connectivity index (χ0) is 14.4. The molecule has 0 aromatic heterocycles. The molecule has 1 rings (SSSR count). The van der Waals surface area contributed by atoms with Gasteiger partial charge in [0.25, 0.3) is 5.91 Å². The molecule has 1 aromatic carbocycles. The number of nitrogen functional groups attached to an aromatic ring is 1. The van der Waals surface area contributed by atoms with Gasteiger partial charge in [-0.25, -0.2) is 8.78 Å². The van der Waals surface area contributed by atoms with Gasteiger partial charge >= 0.3 is 0 Å². The average Bonchev–Trinajstić information content (AvgIpc) is 2.34. The number of carbonyl (C=O) groups is 1. The minimum absolute atomic E-state index is 0.150. The number of benzene rings is 1. The van der Waals surface area contributed by atoms with E-state index in [0.717, 1.165) is 6.07 Å². The van der Waals surface area contributed by atoms with Crippen LogP contribution in [0.15, 0.2) is 12.1 Å². The van der Waals surface area contributed by atoms with Gasteiger partial charge in [-0.3, -0.25) is 4.79 Å². The molecule has 1 unspecified atom stereocenters. The summed E-state index contributed by atoms with van der Waals surface area (Å²) in [6.45, 7) is 0.0208. The van der Waals surface area contributed by atoms with Gasteiger partial charge in [0, 0.05) is 19.8 Å². The Kier molecular flexibility index (Phi) is 5.65. The maximum absolute atomic E-state index is 13.5. The van der Waals surface area contributed by atoms with Crippen molar-refractivity contribution in [2.24, 2.45) is 0 Å². The zero-order valence-electron chi connectivity index (χ0n) is 10.5. The van der Waals surface area contributed by atoms with Gasteiger partial charge in [-0.1, -0.05) is 0 Å². The van der Waals surface area contributed by atoms with Crippen molar-refractivity contribution in [1.29, 1.82) is 0 Å². The molecule has 0 radical (unpaired) electrons. The number of hydrogen-bond acceptors (Lipinski definition) is 4. The van der Waals surface area contributed by atoms with Crippen LogP contribution < -0.4 is 11.1 Å². The molecule has 106 valence electrons. The van der Waals surface area contributed by atoms with Gasteiger partial charge in [0.15, 0.2) is 0 Å². The van der Waals surface area contributed by atoms with Crippen LogP contribution in [0.3, 0.4) is 0 Å². The van der Waals surface area contributed by atoms with Gasteiger partial charge in [-0.15, -0.1) is 0 Å². The Morgan fingerprint density at radius 1 is 1.47 bits per heavy atom. The highest BCUT2D eigenvalue weighted by Crippen LogP contribution is 2.16. The number of hydrogen-bond donors (Lipinski definition) is 3. The standard InChI is InChI=1S/C12H16F2N2O3/c1-19-6-7(2-3-17)16-12(18)8-4-11(15)10(14)5-9(8)13/h4-5,7,17H,2-3,6,15H2,1H3,(H,16,18). The first-order valence-corrected chi connectivity index (χ1v) is 5.64. The molecule has 0 spiro atoms. The Morgan fingerprint density at radius 3 is 2.74 bits per heavy atom. The topological polar surface area (TPSA) is 84.6 Å². The predicted octanol–water partition coefficient (Wildman–Crippen LogP) is 0.674. The maximum atomic E-state index is 13.5. The van der Waals surface area contributed by atoms with E-state index in [1.807, 2.05) is 0 Å². The second kappa shape index (κ2) is 7.01. The molecule has 1 amide bonds. The van der Waals surface area contributed by atoms with Crippen molar-refractivity contribution in [3.05, 3.63) is 29.3 Å². The number of carbonyl (C=O) groups excluding carboxylic acids is 1. The normalized spacial score (nSPS) is 12.2. The second-order valence-electron chi connectivity index (χ2n) is 3.99. The minimum atomic E-state index is -0.996. The summed E-state index contributed by atoms with van der Waals surface area (Å²) >= 11 is 0. The largest absolute Gasteiger partial charge is 0.396 e. The minimum Gasteiger partial charge on any atom is -0.396 e. The molecule has 0 aliphatic rings. The van der Waals surface area contributed by atoms with Crippen LogP contribution in [0.4, 0.5) is 14.5 Å². The smallest absolute Gasteiger partial charge is 0.254 e. The van der Waals surface area contributed by atoms with Gasteiger partial charge in [-0.05, 0) is 12.5 Å². The third-order valence-corrected chi connectivity index (χ3v) is 2.51. The molecule has 0 heterocycles. The molecule has 4 N–H and O–H groups in total. The van der Waals surface area contributed by atoms with Crippen LogP contribution in [-0.4, -0.2) is 37.4 Å². The fourth-order valence-electron chi connectivity index (χ4n) is 1.56. The molecule has 0 aliphatic carbocycles. The molecule has 0 aliphatic heterocycles. The van der Waals surface area contributed by atoms with E-state index < -0.39 is 23.6 Å². The van der Waals surface area contributed by atoms with E-state index in [1.54, 1.807) is 0 Å². The van der Waals surface area contributed by atoms with Crippen molar-refractivity contribution in [1.82, 2.24) is 5.32 Å². The second-order valence-corrected chi connectivity index (χ2v) is 3.99. The lowest BCUT2D eigenvalue weighted by Gasteiger charge is -2.17. The van der Waals surface area contributed by atoms with E-state index in [4.69, 9.17) is 15.6 Å².